The van der Waals surface area contributed by atoms with Crippen LogP contribution in [0.25, 0.3) is 11.4 Å². The molecule has 4 rings (SSSR count). The predicted molar refractivity (Wildman–Crippen MR) is 108 cm³/mol. The maximum absolute atomic E-state index is 12.5. The zero-order valence-corrected chi connectivity index (χ0v) is 17.2. The Hall–Kier alpha value is -3.00. The van der Waals surface area contributed by atoms with Crippen molar-refractivity contribution in [3.8, 4) is 11.4 Å². The van der Waals surface area contributed by atoms with Gasteiger partial charge in [0.2, 0.25) is 29.4 Å². The fourth-order valence-electron chi connectivity index (χ4n) is 3.85. The standard InChI is InChI=1S/C21H21ClN4O4/c1-25(12-17-23-19(24-30-17)15-8-4-5-9-16(15)22)18(27)10-11-26-20(28)13-6-2-3-7-14(13)21(26)29/h2-5,8-9,13-14H,6-7,10-12H2,1H3/t13-,14+. The van der Waals surface area contributed by atoms with Gasteiger partial charge in [-0.3, -0.25) is 19.3 Å². The minimum atomic E-state index is -0.281. The molecule has 30 heavy (non-hydrogen) atoms. The Balaban J connectivity index is 1.33. The fourth-order valence-corrected chi connectivity index (χ4v) is 4.07. The molecule has 0 radical (unpaired) electrons. The van der Waals surface area contributed by atoms with E-state index in [1.807, 2.05) is 18.2 Å². The van der Waals surface area contributed by atoms with E-state index in [9.17, 15) is 14.4 Å². The number of rotatable bonds is 6. The van der Waals surface area contributed by atoms with Gasteiger partial charge in [0.25, 0.3) is 0 Å². The molecule has 156 valence electrons. The zero-order chi connectivity index (χ0) is 21.3. The second-order valence-corrected chi connectivity index (χ2v) is 7.88. The summed E-state index contributed by atoms with van der Waals surface area (Å²) in [5, 5.41) is 4.42. The van der Waals surface area contributed by atoms with Crippen molar-refractivity contribution in [2.24, 2.45) is 11.8 Å². The van der Waals surface area contributed by atoms with Crippen molar-refractivity contribution in [1.29, 1.82) is 0 Å². The van der Waals surface area contributed by atoms with E-state index in [1.54, 1.807) is 25.2 Å². The van der Waals surface area contributed by atoms with Gasteiger partial charge in [-0.2, -0.15) is 4.98 Å². The Morgan fingerprint density at radius 3 is 2.53 bits per heavy atom. The van der Waals surface area contributed by atoms with Crippen LogP contribution in [0.5, 0.6) is 0 Å². The second-order valence-electron chi connectivity index (χ2n) is 7.48. The lowest BCUT2D eigenvalue weighted by Gasteiger charge is -2.18. The highest BCUT2D eigenvalue weighted by atomic mass is 35.5. The average Bonchev–Trinajstić information content (AvgIpc) is 3.30. The third kappa shape index (κ3) is 3.87. The van der Waals surface area contributed by atoms with E-state index in [0.717, 1.165) is 0 Å². The number of hydrogen-bond donors (Lipinski definition) is 0. The molecule has 2 heterocycles. The van der Waals surface area contributed by atoms with Crippen LogP contribution in [0.3, 0.4) is 0 Å². The molecule has 2 aromatic rings. The Morgan fingerprint density at radius 1 is 1.20 bits per heavy atom. The molecule has 1 aliphatic carbocycles. The first-order chi connectivity index (χ1) is 14.5. The SMILES string of the molecule is CN(Cc1nc(-c2ccccc2Cl)no1)C(=O)CCN1C(=O)[C@H]2CC=CC[C@H]2C1=O. The second kappa shape index (κ2) is 8.39. The van der Waals surface area contributed by atoms with Crippen molar-refractivity contribution in [2.45, 2.75) is 25.8 Å². The van der Waals surface area contributed by atoms with Gasteiger partial charge >= 0.3 is 0 Å². The van der Waals surface area contributed by atoms with Crippen LogP contribution >= 0.6 is 11.6 Å². The fraction of sp³-hybridized carbons (Fsp3) is 0.381. The van der Waals surface area contributed by atoms with Gasteiger partial charge in [0.05, 0.1) is 23.4 Å². The molecular formula is C21H21ClN4O4. The van der Waals surface area contributed by atoms with Crippen LogP contribution in [0.1, 0.15) is 25.2 Å². The van der Waals surface area contributed by atoms with Gasteiger partial charge in [-0.15, -0.1) is 0 Å². The summed E-state index contributed by atoms with van der Waals surface area (Å²) in [5.41, 5.74) is 0.644. The van der Waals surface area contributed by atoms with Gasteiger partial charge < -0.3 is 9.42 Å². The minimum absolute atomic E-state index is 0.0480. The zero-order valence-electron chi connectivity index (χ0n) is 16.5. The van der Waals surface area contributed by atoms with E-state index in [4.69, 9.17) is 16.1 Å². The number of nitrogens with zero attached hydrogens (tertiary/aromatic N) is 4. The molecule has 0 bridgehead atoms. The molecule has 0 spiro atoms. The molecule has 1 fully saturated rings. The number of halogens is 1. The van der Waals surface area contributed by atoms with E-state index in [1.165, 1.54) is 9.80 Å². The Morgan fingerprint density at radius 2 is 1.87 bits per heavy atom. The molecule has 3 amide bonds. The summed E-state index contributed by atoms with van der Waals surface area (Å²) in [6.45, 7) is 0.204. The van der Waals surface area contributed by atoms with Crippen molar-refractivity contribution in [2.75, 3.05) is 13.6 Å². The van der Waals surface area contributed by atoms with Crippen molar-refractivity contribution in [3.05, 3.63) is 47.3 Å². The first kappa shape index (κ1) is 20.3. The molecule has 1 aliphatic heterocycles. The third-order valence-corrected chi connectivity index (χ3v) is 5.86. The highest BCUT2D eigenvalue weighted by Gasteiger charge is 2.46. The summed E-state index contributed by atoms with van der Waals surface area (Å²) in [4.78, 5) is 44.5. The quantitative estimate of drug-likeness (QED) is 0.518. The lowest BCUT2D eigenvalue weighted by Crippen LogP contribution is -2.36. The van der Waals surface area contributed by atoms with E-state index in [0.29, 0.717) is 29.3 Å². The number of benzene rings is 1. The molecule has 8 nitrogen and oxygen atoms in total. The van der Waals surface area contributed by atoms with Gasteiger partial charge in [-0.05, 0) is 25.0 Å². The molecule has 1 aromatic heterocycles. The van der Waals surface area contributed by atoms with Gasteiger partial charge in [0, 0.05) is 25.6 Å². The Kier molecular flexibility index (Phi) is 5.67. The van der Waals surface area contributed by atoms with Crippen molar-refractivity contribution in [3.63, 3.8) is 0 Å². The van der Waals surface area contributed by atoms with E-state index >= 15 is 0 Å². The maximum atomic E-state index is 12.5. The summed E-state index contributed by atoms with van der Waals surface area (Å²) in [6.07, 6.45) is 5.10. The van der Waals surface area contributed by atoms with Crippen LogP contribution < -0.4 is 0 Å². The monoisotopic (exact) mass is 428 g/mol. The first-order valence-electron chi connectivity index (χ1n) is 9.77. The van der Waals surface area contributed by atoms with Gasteiger partial charge in [-0.1, -0.05) is 41.0 Å². The van der Waals surface area contributed by atoms with Crippen molar-refractivity contribution < 1.29 is 18.9 Å². The van der Waals surface area contributed by atoms with Crippen LogP contribution in [0.15, 0.2) is 40.9 Å². The predicted octanol–water partition coefficient (Wildman–Crippen LogP) is 2.69. The highest BCUT2D eigenvalue weighted by molar-refractivity contribution is 6.33. The number of amides is 3. The number of carbonyl (C=O) groups excluding carboxylic acids is 3. The largest absolute Gasteiger partial charge is 0.337 e. The van der Waals surface area contributed by atoms with Gasteiger partial charge in [0.1, 0.15) is 0 Å². The van der Waals surface area contributed by atoms with Crippen LogP contribution in [0, 0.1) is 11.8 Å². The van der Waals surface area contributed by atoms with E-state index < -0.39 is 0 Å². The maximum Gasteiger partial charge on any atom is 0.246 e. The lowest BCUT2D eigenvalue weighted by atomic mass is 9.85. The molecule has 0 saturated carbocycles. The third-order valence-electron chi connectivity index (χ3n) is 5.53. The van der Waals surface area contributed by atoms with Crippen LogP contribution in [-0.4, -0.2) is 51.3 Å². The van der Waals surface area contributed by atoms with E-state index in [2.05, 4.69) is 10.1 Å². The summed E-state index contributed by atoms with van der Waals surface area (Å²) in [6, 6.07) is 7.14. The van der Waals surface area contributed by atoms with Gasteiger partial charge in [-0.25, -0.2) is 0 Å². The number of fused-ring (bicyclic) bond motifs is 1. The number of hydrogen-bond acceptors (Lipinski definition) is 6. The highest BCUT2D eigenvalue weighted by Crippen LogP contribution is 2.35. The number of carbonyl (C=O) groups is 3. The normalized spacial score (nSPS) is 20.5. The average molecular weight is 429 g/mol. The number of likely N-dealkylation sites (tertiary alicyclic amines) is 1. The first-order valence-corrected chi connectivity index (χ1v) is 10.1. The number of aromatic nitrogens is 2. The molecule has 0 N–H and O–H groups in total. The van der Waals surface area contributed by atoms with Crippen LogP contribution in [-0.2, 0) is 20.9 Å². The Labute approximate surface area is 178 Å². The van der Waals surface area contributed by atoms with Crippen LogP contribution in [0.4, 0.5) is 0 Å². The minimum Gasteiger partial charge on any atom is -0.337 e. The van der Waals surface area contributed by atoms with E-state index in [-0.39, 0.29) is 55.0 Å². The summed E-state index contributed by atoms with van der Waals surface area (Å²) >= 11 is 6.15. The lowest BCUT2D eigenvalue weighted by molar-refractivity contribution is -0.140. The molecular weight excluding hydrogens is 408 g/mol. The number of imide groups is 1. The molecule has 2 aliphatic rings. The molecule has 2 atom stereocenters. The molecule has 1 aromatic carbocycles. The van der Waals surface area contributed by atoms with Gasteiger partial charge in [0.15, 0.2) is 0 Å². The molecule has 9 heteroatoms. The molecule has 0 unspecified atom stereocenters. The Bertz CT molecular complexity index is 992. The van der Waals surface area contributed by atoms with Crippen molar-refractivity contribution in [1.82, 2.24) is 19.9 Å². The topological polar surface area (TPSA) is 96.6 Å². The summed E-state index contributed by atoms with van der Waals surface area (Å²) in [7, 11) is 1.61. The summed E-state index contributed by atoms with van der Waals surface area (Å²) in [5.74, 6) is -0.515. The van der Waals surface area contributed by atoms with Crippen LogP contribution in [0.2, 0.25) is 5.02 Å². The molecule has 1 saturated heterocycles. The summed E-state index contributed by atoms with van der Waals surface area (Å²) < 4.78 is 5.23. The van der Waals surface area contributed by atoms with Crippen molar-refractivity contribution >= 4 is 29.3 Å². The smallest absolute Gasteiger partial charge is 0.246 e. The number of allylic oxidation sites excluding steroid dienone is 2.